The number of hydrogen-bond acceptors (Lipinski definition) is 4. The monoisotopic (exact) mass is 310 g/mol. The van der Waals surface area contributed by atoms with E-state index in [1.807, 2.05) is 18.4 Å². The predicted molar refractivity (Wildman–Crippen MR) is 91.0 cm³/mol. The molecular formula is C18H22N4O. The Hall–Kier alpha value is -2.14. The van der Waals surface area contributed by atoms with Crippen LogP contribution in [0.25, 0.3) is 0 Å². The van der Waals surface area contributed by atoms with Crippen LogP contribution in [-0.2, 0) is 6.67 Å². The first kappa shape index (κ1) is 14.5. The van der Waals surface area contributed by atoms with Crippen LogP contribution >= 0.6 is 0 Å². The zero-order valence-electron chi connectivity index (χ0n) is 13.9. The summed E-state index contributed by atoms with van der Waals surface area (Å²) in [4.78, 5) is 22.0. The largest absolute Gasteiger partial charge is 0.298 e. The second-order valence-electron chi connectivity index (χ2n) is 6.72. The smallest absolute Gasteiger partial charge is 0.259 e. The summed E-state index contributed by atoms with van der Waals surface area (Å²) in [6, 6.07) is 9.03. The molecule has 1 saturated carbocycles. The molecule has 5 nitrogen and oxygen atoms in total. The van der Waals surface area contributed by atoms with Crippen molar-refractivity contribution < 1.29 is 0 Å². The van der Waals surface area contributed by atoms with E-state index in [0.717, 1.165) is 29.6 Å². The lowest BCUT2D eigenvalue weighted by molar-refractivity contribution is 0.188. The molecule has 0 atom stereocenters. The van der Waals surface area contributed by atoms with Gasteiger partial charge in [-0.25, -0.2) is 4.98 Å². The first-order valence-electron chi connectivity index (χ1n) is 8.21. The van der Waals surface area contributed by atoms with Gasteiger partial charge in [0.25, 0.3) is 5.56 Å². The zero-order valence-corrected chi connectivity index (χ0v) is 13.9. The Kier molecular flexibility index (Phi) is 3.27. The number of aryl methyl sites for hydroxylation is 2. The van der Waals surface area contributed by atoms with Gasteiger partial charge >= 0.3 is 0 Å². The quantitative estimate of drug-likeness (QED) is 0.855. The first-order chi connectivity index (χ1) is 11.0. The standard InChI is InChI=1S/C18H22N4O/c1-12-4-6-16(7-5-12)21-10-20(15-8-9-15)11-22-17(23)13(2)14(3)19-18(21)22/h4-7,15H,8-11H2,1-3H3. The summed E-state index contributed by atoms with van der Waals surface area (Å²) < 4.78 is 1.82. The summed E-state index contributed by atoms with van der Waals surface area (Å²) in [6.07, 6.45) is 2.45. The number of nitrogens with zero attached hydrogens (tertiary/aromatic N) is 4. The van der Waals surface area contributed by atoms with Crippen molar-refractivity contribution in [2.75, 3.05) is 11.6 Å². The number of hydrogen-bond donors (Lipinski definition) is 0. The normalized spacial score (nSPS) is 18.1. The van der Waals surface area contributed by atoms with E-state index < -0.39 is 0 Å². The molecule has 1 fully saturated rings. The molecule has 0 N–H and O–H groups in total. The molecule has 120 valence electrons. The van der Waals surface area contributed by atoms with E-state index in [4.69, 9.17) is 4.98 Å². The van der Waals surface area contributed by atoms with Crippen molar-refractivity contribution in [1.82, 2.24) is 14.5 Å². The van der Waals surface area contributed by atoms with Crippen molar-refractivity contribution in [2.24, 2.45) is 0 Å². The van der Waals surface area contributed by atoms with Crippen LogP contribution in [0.3, 0.4) is 0 Å². The molecule has 5 heteroatoms. The number of fused-ring (bicyclic) bond motifs is 1. The fraction of sp³-hybridized carbons (Fsp3) is 0.444. The maximum Gasteiger partial charge on any atom is 0.259 e. The van der Waals surface area contributed by atoms with Crippen molar-refractivity contribution in [3.63, 3.8) is 0 Å². The van der Waals surface area contributed by atoms with E-state index in [2.05, 4.69) is 41.0 Å². The first-order valence-corrected chi connectivity index (χ1v) is 8.21. The van der Waals surface area contributed by atoms with Gasteiger partial charge in [0.1, 0.15) is 0 Å². The highest BCUT2D eigenvalue weighted by molar-refractivity contribution is 5.58. The summed E-state index contributed by atoms with van der Waals surface area (Å²) in [5.74, 6) is 0.763. The van der Waals surface area contributed by atoms with Crippen molar-refractivity contribution in [2.45, 2.75) is 46.3 Å². The number of benzene rings is 1. The van der Waals surface area contributed by atoms with E-state index >= 15 is 0 Å². The van der Waals surface area contributed by atoms with E-state index in [1.165, 1.54) is 18.4 Å². The van der Waals surface area contributed by atoms with Gasteiger partial charge in [-0.15, -0.1) is 0 Å². The van der Waals surface area contributed by atoms with Crippen LogP contribution in [0.5, 0.6) is 0 Å². The van der Waals surface area contributed by atoms with Gasteiger partial charge in [-0.2, -0.15) is 0 Å². The van der Waals surface area contributed by atoms with Gasteiger partial charge < -0.3 is 0 Å². The van der Waals surface area contributed by atoms with E-state index in [0.29, 0.717) is 12.7 Å². The average Bonchev–Trinajstić information content (AvgIpc) is 3.38. The van der Waals surface area contributed by atoms with E-state index in [9.17, 15) is 4.79 Å². The molecule has 1 aromatic carbocycles. The van der Waals surface area contributed by atoms with Gasteiger partial charge in [0.05, 0.1) is 13.3 Å². The molecule has 2 aromatic rings. The van der Waals surface area contributed by atoms with Gasteiger partial charge in [-0.1, -0.05) is 17.7 Å². The molecule has 0 unspecified atom stereocenters. The van der Waals surface area contributed by atoms with Crippen LogP contribution in [0.4, 0.5) is 11.6 Å². The minimum Gasteiger partial charge on any atom is -0.298 e. The second-order valence-corrected chi connectivity index (χ2v) is 6.72. The Balaban J connectivity index is 1.85. The molecule has 4 rings (SSSR count). The Morgan fingerprint density at radius 2 is 1.74 bits per heavy atom. The molecule has 0 saturated heterocycles. The van der Waals surface area contributed by atoms with Crippen LogP contribution in [-0.4, -0.2) is 27.2 Å². The van der Waals surface area contributed by atoms with Crippen LogP contribution in [0, 0.1) is 20.8 Å². The van der Waals surface area contributed by atoms with Crippen LogP contribution in [0.15, 0.2) is 29.1 Å². The average molecular weight is 310 g/mol. The molecule has 1 aromatic heterocycles. The number of anilines is 2. The topological polar surface area (TPSA) is 41.4 Å². The molecule has 2 heterocycles. The molecular weight excluding hydrogens is 288 g/mol. The summed E-state index contributed by atoms with van der Waals surface area (Å²) in [5, 5.41) is 0. The lowest BCUT2D eigenvalue weighted by atomic mass is 10.2. The summed E-state index contributed by atoms with van der Waals surface area (Å²) in [7, 11) is 0. The van der Waals surface area contributed by atoms with Crippen LogP contribution < -0.4 is 10.5 Å². The second kappa shape index (κ2) is 5.20. The molecule has 0 bridgehead atoms. The molecule has 1 aliphatic carbocycles. The van der Waals surface area contributed by atoms with Crippen molar-refractivity contribution in [1.29, 1.82) is 0 Å². The van der Waals surface area contributed by atoms with Crippen molar-refractivity contribution in [3.8, 4) is 0 Å². The SMILES string of the molecule is Cc1ccc(N2CN(C3CC3)Cn3c2nc(C)c(C)c3=O)cc1. The number of aromatic nitrogens is 2. The van der Waals surface area contributed by atoms with Gasteiger partial charge in [-0.3, -0.25) is 19.2 Å². The highest BCUT2D eigenvalue weighted by Gasteiger charge is 2.35. The summed E-state index contributed by atoms with van der Waals surface area (Å²) >= 11 is 0. The third-order valence-corrected chi connectivity index (χ3v) is 4.91. The highest BCUT2D eigenvalue weighted by atomic mass is 16.1. The minimum absolute atomic E-state index is 0.0787. The molecule has 0 radical (unpaired) electrons. The maximum atomic E-state index is 12.7. The summed E-state index contributed by atoms with van der Waals surface area (Å²) in [6.45, 7) is 7.31. The Bertz CT molecular complexity index is 805. The summed E-state index contributed by atoms with van der Waals surface area (Å²) in [5.41, 5.74) is 3.96. The predicted octanol–water partition coefficient (Wildman–Crippen LogP) is 2.70. The molecule has 23 heavy (non-hydrogen) atoms. The van der Waals surface area contributed by atoms with Crippen LogP contribution in [0.2, 0.25) is 0 Å². The van der Waals surface area contributed by atoms with E-state index in [-0.39, 0.29) is 5.56 Å². The lowest BCUT2D eigenvalue weighted by Gasteiger charge is -2.38. The maximum absolute atomic E-state index is 12.7. The molecule has 2 aliphatic rings. The molecule has 0 amide bonds. The molecule has 1 aliphatic heterocycles. The Labute approximate surface area is 136 Å². The number of rotatable bonds is 2. The van der Waals surface area contributed by atoms with Crippen molar-refractivity contribution in [3.05, 3.63) is 51.4 Å². The van der Waals surface area contributed by atoms with Gasteiger partial charge in [-0.05, 0) is 45.7 Å². The van der Waals surface area contributed by atoms with Gasteiger partial charge in [0.2, 0.25) is 5.95 Å². The third-order valence-electron chi connectivity index (χ3n) is 4.91. The van der Waals surface area contributed by atoms with Crippen molar-refractivity contribution >= 4 is 11.6 Å². The fourth-order valence-corrected chi connectivity index (χ4v) is 3.14. The van der Waals surface area contributed by atoms with Gasteiger partial charge in [0, 0.05) is 23.0 Å². The van der Waals surface area contributed by atoms with E-state index in [1.54, 1.807) is 0 Å². The lowest BCUT2D eigenvalue weighted by Crippen LogP contribution is -2.48. The zero-order chi connectivity index (χ0) is 16.1. The molecule has 0 spiro atoms. The minimum atomic E-state index is 0.0787. The Morgan fingerprint density at radius 1 is 1.04 bits per heavy atom. The van der Waals surface area contributed by atoms with Crippen LogP contribution in [0.1, 0.15) is 29.7 Å². The van der Waals surface area contributed by atoms with Gasteiger partial charge in [0.15, 0.2) is 0 Å². The Morgan fingerprint density at radius 3 is 2.39 bits per heavy atom. The fourth-order valence-electron chi connectivity index (χ4n) is 3.14. The third kappa shape index (κ3) is 2.45. The highest BCUT2D eigenvalue weighted by Crippen LogP contribution is 2.34.